The number of benzene rings is 1. The lowest BCUT2D eigenvalue weighted by Crippen LogP contribution is -2.55. The fourth-order valence-electron chi connectivity index (χ4n) is 4.05. The average molecular weight is 454 g/mol. The minimum atomic E-state index is -1.04. The number of halogens is 1. The van der Waals surface area contributed by atoms with Crippen molar-refractivity contribution < 1.29 is 19.4 Å². The topological polar surface area (TPSA) is 90.9 Å². The largest absolute Gasteiger partial charge is 0.444 e. The van der Waals surface area contributed by atoms with Gasteiger partial charge in [0.2, 0.25) is 5.91 Å². The number of likely N-dealkylation sites (N-methyl/N-ethyl adjacent to an activating group) is 1. The van der Waals surface area contributed by atoms with Crippen molar-refractivity contribution in [3.8, 4) is 0 Å². The second-order valence-electron chi connectivity index (χ2n) is 9.59. The number of nitrogens with one attached hydrogen (secondary N) is 2. The van der Waals surface area contributed by atoms with Gasteiger partial charge in [0.15, 0.2) is 0 Å². The molecule has 1 unspecified atom stereocenters. The molecule has 174 valence electrons. The minimum absolute atomic E-state index is 0.00292. The van der Waals surface area contributed by atoms with E-state index in [0.717, 1.165) is 37.1 Å². The Hall–Kier alpha value is -1.83. The van der Waals surface area contributed by atoms with Crippen LogP contribution in [0.3, 0.4) is 0 Å². The zero-order chi connectivity index (χ0) is 23.2. The van der Waals surface area contributed by atoms with Crippen LogP contribution in [0.4, 0.5) is 4.79 Å². The van der Waals surface area contributed by atoms with Crippen molar-refractivity contribution in [2.45, 2.75) is 76.1 Å². The molecule has 2 rings (SSSR count). The predicted octanol–water partition coefficient (Wildman–Crippen LogP) is 3.13. The van der Waals surface area contributed by atoms with Crippen molar-refractivity contribution in [2.75, 3.05) is 20.7 Å². The van der Waals surface area contributed by atoms with Crippen molar-refractivity contribution in [3.05, 3.63) is 34.9 Å². The highest BCUT2D eigenvalue weighted by molar-refractivity contribution is 6.30. The molecule has 1 aliphatic carbocycles. The molecule has 0 saturated heterocycles. The molecule has 0 aliphatic heterocycles. The Morgan fingerprint density at radius 1 is 1.29 bits per heavy atom. The maximum absolute atomic E-state index is 12.6. The van der Waals surface area contributed by atoms with E-state index in [-0.39, 0.29) is 11.6 Å². The van der Waals surface area contributed by atoms with E-state index in [9.17, 15) is 14.7 Å². The first-order valence-electron chi connectivity index (χ1n) is 10.8. The molecule has 1 fully saturated rings. The number of aliphatic hydroxyl groups excluding tert-OH is 1. The van der Waals surface area contributed by atoms with E-state index < -0.39 is 30.3 Å². The molecule has 0 aromatic heterocycles. The van der Waals surface area contributed by atoms with Crippen LogP contribution in [0.25, 0.3) is 0 Å². The lowest BCUT2D eigenvalue weighted by atomic mass is 9.74. The van der Waals surface area contributed by atoms with Crippen LogP contribution in [0.5, 0.6) is 0 Å². The van der Waals surface area contributed by atoms with E-state index in [1.54, 1.807) is 20.8 Å². The van der Waals surface area contributed by atoms with Crippen LogP contribution in [0, 0.1) is 0 Å². The molecular formula is C23H36ClN3O4. The molecular weight excluding hydrogens is 418 g/mol. The third kappa shape index (κ3) is 7.66. The van der Waals surface area contributed by atoms with Gasteiger partial charge in [-0.2, -0.15) is 0 Å². The molecule has 0 bridgehead atoms. The van der Waals surface area contributed by atoms with Crippen LogP contribution in [0.2, 0.25) is 5.02 Å². The summed E-state index contributed by atoms with van der Waals surface area (Å²) in [6, 6.07) is 6.91. The van der Waals surface area contributed by atoms with Crippen molar-refractivity contribution >= 4 is 23.6 Å². The highest BCUT2D eigenvalue weighted by atomic mass is 35.5. The predicted molar refractivity (Wildman–Crippen MR) is 122 cm³/mol. The Balaban J connectivity index is 1.94. The summed E-state index contributed by atoms with van der Waals surface area (Å²) in [5.74, 6) is -0.398. The van der Waals surface area contributed by atoms with E-state index in [1.807, 2.05) is 18.2 Å². The first kappa shape index (κ1) is 25.4. The number of carbonyl (C=O) groups excluding carboxylic acids is 2. The van der Waals surface area contributed by atoms with E-state index >= 15 is 0 Å². The Labute approximate surface area is 190 Å². The molecule has 3 N–H and O–H groups in total. The molecule has 31 heavy (non-hydrogen) atoms. The van der Waals surface area contributed by atoms with Gasteiger partial charge in [0.25, 0.3) is 0 Å². The first-order valence-corrected chi connectivity index (χ1v) is 11.1. The van der Waals surface area contributed by atoms with E-state index in [0.29, 0.717) is 0 Å². The summed E-state index contributed by atoms with van der Waals surface area (Å²) in [4.78, 5) is 26.8. The second kappa shape index (κ2) is 10.7. The van der Waals surface area contributed by atoms with Crippen LogP contribution in [-0.2, 0) is 16.0 Å². The monoisotopic (exact) mass is 453 g/mol. The number of hydrogen-bond donors (Lipinski definition) is 3. The van der Waals surface area contributed by atoms with Crippen molar-refractivity contribution in [1.82, 2.24) is 15.5 Å². The zero-order valence-corrected chi connectivity index (χ0v) is 20.0. The molecule has 8 heteroatoms. The van der Waals surface area contributed by atoms with Crippen LogP contribution in [-0.4, -0.2) is 65.9 Å². The fourth-order valence-corrected chi connectivity index (χ4v) is 4.27. The second-order valence-corrected chi connectivity index (χ2v) is 10.0. The molecule has 1 atom stereocenters. The molecule has 1 aromatic carbocycles. The maximum Gasteiger partial charge on any atom is 0.408 e. The molecule has 0 spiro atoms. The summed E-state index contributed by atoms with van der Waals surface area (Å²) in [7, 11) is 4.19. The van der Waals surface area contributed by atoms with E-state index in [1.165, 1.54) is 5.56 Å². The number of rotatable bonds is 7. The lowest BCUT2D eigenvalue weighted by molar-refractivity contribution is -0.125. The molecule has 0 heterocycles. The van der Waals surface area contributed by atoms with Crippen molar-refractivity contribution in [1.29, 1.82) is 0 Å². The van der Waals surface area contributed by atoms with Gasteiger partial charge in [-0.15, -0.1) is 0 Å². The van der Waals surface area contributed by atoms with Gasteiger partial charge in [-0.25, -0.2) is 4.79 Å². The Kier molecular flexibility index (Phi) is 8.74. The number of ether oxygens (including phenoxy) is 1. The maximum atomic E-state index is 12.6. The van der Waals surface area contributed by atoms with Gasteiger partial charge in [0.05, 0.1) is 6.61 Å². The highest BCUT2D eigenvalue weighted by Gasteiger charge is 2.38. The molecule has 7 nitrogen and oxygen atoms in total. The standard InChI is InChI=1S/C23H36ClN3O4/c1-22(2,3)31-21(30)26-19(15-28)20(29)25-18-9-11-23(12-10-18,27(4)5)14-16-7-6-8-17(24)13-16/h6-8,13,18-19,28H,9-12,14-15H2,1-5H3,(H,25,29)(H,26,30). The van der Waals surface area contributed by atoms with Crippen molar-refractivity contribution in [2.24, 2.45) is 0 Å². The Morgan fingerprint density at radius 2 is 1.94 bits per heavy atom. The van der Waals surface area contributed by atoms with Crippen LogP contribution in [0.1, 0.15) is 52.0 Å². The summed E-state index contributed by atoms with van der Waals surface area (Å²) < 4.78 is 5.17. The average Bonchev–Trinajstić information content (AvgIpc) is 2.66. The van der Waals surface area contributed by atoms with Gasteiger partial charge in [0, 0.05) is 16.6 Å². The van der Waals surface area contributed by atoms with Crippen LogP contribution in [0.15, 0.2) is 24.3 Å². The lowest BCUT2D eigenvalue weighted by Gasteiger charge is -2.45. The highest BCUT2D eigenvalue weighted by Crippen LogP contribution is 2.35. The minimum Gasteiger partial charge on any atom is -0.444 e. The normalized spacial score (nSPS) is 22.6. The van der Waals surface area contributed by atoms with Crippen LogP contribution >= 0.6 is 11.6 Å². The molecule has 0 radical (unpaired) electrons. The van der Waals surface area contributed by atoms with Crippen LogP contribution < -0.4 is 10.6 Å². The van der Waals surface area contributed by atoms with Gasteiger partial charge >= 0.3 is 6.09 Å². The third-order valence-corrected chi connectivity index (χ3v) is 6.06. The van der Waals surface area contributed by atoms with E-state index in [2.05, 4.69) is 35.7 Å². The summed E-state index contributed by atoms with van der Waals surface area (Å²) in [6.07, 6.45) is 3.63. The quantitative estimate of drug-likeness (QED) is 0.590. The van der Waals surface area contributed by atoms with Gasteiger partial charge in [-0.05, 0) is 84.7 Å². The van der Waals surface area contributed by atoms with Crippen molar-refractivity contribution in [3.63, 3.8) is 0 Å². The number of nitrogens with zero attached hydrogens (tertiary/aromatic N) is 1. The third-order valence-electron chi connectivity index (χ3n) is 5.82. The molecule has 1 aromatic rings. The first-order chi connectivity index (χ1) is 14.4. The SMILES string of the molecule is CN(C)C1(Cc2cccc(Cl)c2)CCC(NC(=O)C(CO)NC(=O)OC(C)(C)C)CC1. The molecule has 2 amide bonds. The number of hydrogen-bond acceptors (Lipinski definition) is 5. The molecule has 1 aliphatic rings. The van der Waals surface area contributed by atoms with Gasteiger partial charge in [-0.1, -0.05) is 23.7 Å². The molecule has 1 saturated carbocycles. The van der Waals surface area contributed by atoms with Gasteiger partial charge in [-0.3, -0.25) is 4.79 Å². The summed E-state index contributed by atoms with van der Waals surface area (Å²) in [5.41, 5.74) is 0.519. The number of amides is 2. The Bertz CT molecular complexity index is 755. The number of aliphatic hydroxyl groups is 1. The summed E-state index contributed by atoms with van der Waals surface area (Å²) in [5, 5.41) is 15.7. The zero-order valence-electron chi connectivity index (χ0n) is 19.2. The van der Waals surface area contributed by atoms with Gasteiger partial charge in [0.1, 0.15) is 11.6 Å². The van der Waals surface area contributed by atoms with E-state index in [4.69, 9.17) is 16.3 Å². The fraction of sp³-hybridized carbons (Fsp3) is 0.652. The number of alkyl carbamates (subject to hydrolysis) is 1. The van der Waals surface area contributed by atoms with Gasteiger partial charge < -0.3 is 25.4 Å². The Morgan fingerprint density at radius 3 is 2.45 bits per heavy atom. The smallest absolute Gasteiger partial charge is 0.408 e. The summed E-state index contributed by atoms with van der Waals surface area (Å²) >= 11 is 6.16. The summed E-state index contributed by atoms with van der Waals surface area (Å²) in [6.45, 7) is 4.73. The number of carbonyl (C=O) groups is 2.